The molecule has 1 fully saturated rings. The van der Waals surface area contributed by atoms with Crippen molar-refractivity contribution < 1.29 is 14.3 Å². The predicted octanol–water partition coefficient (Wildman–Crippen LogP) is 2.26. The van der Waals surface area contributed by atoms with E-state index < -0.39 is 12.1 Å². The van der Waals surface area contributed by atoms with E-state index in [9.17, 15) is 9.59 Å². The number of thiazole rings is 1. The molecule has 1 saturated heterocycles. The fraction of sp³-hybridized carbons (Fsp3) is 0.706. The van der Waals surface area contributed by atoms with Gasteiger partial charge in [-0.05, 0) is 25.7 Å². The van der Waals surface area contributed by atoms with E-state index >= 15 is 0 Å². The third kappa shape index (κ3) is 5.59. The lowest BCUT2D eigenvalue weighted by Gasteiger charge is -2.27. The Morgan fingerprint density at radius 2 is 2.08 bits per heavy atom. The lowest BCUT2D eigenvalue weighted by molar-refractivity contribution is -0.133. The highest BCUT2D eigenvalue weighted by Gasteiger charge is 2.28. The largest absolute Gasteiger partial charge is 0.453 e. The quantitative estimate of drug-likeness (QED) is 0.863. The molecule has 25 heavy (non-hydrogen) atoms. The maximum absolute atomic E-state index is 12.9. The molecule has 7 nitrogen and oxygen atoms in total. The fourth-order valence-electron chi connectivity index (χ4n) is 2.93. The Kier molecular flexibility index (Phi) is 7.04. The summed E-state index contributed by atoms with van der Waals surface area (Å²) in [6, 6.07) is -0.541. The Hall–Kier alpha value is -1.83. The van der Waals surface area contributed by atoms with Gasteiger partial charge in [0.05, 0.1) is 12.8 Å². The van der Waals surface area contributed by atoms with Gasteiger partial charge < -0.3 is 19.9 Å². The van der Waals surface area contributed by atoms with Crippen LogP contribution in [0.2, 0.25) is 0 Å². The average Bonchev–Trinajstić information content (AvgIpc) is 2.85. The number of aryl methyl sites for hydroxylation is 1. The molecule has 1 aliphatic rings. The van der Waals surface area contributed by atoms with Crippen LogP contribution < -0.4 is 10.2 Å². The van der Waals surface area contributed by atoms with E-state index in [1.54, 1.807) is 11.3 Å². The van der Waals surface area contributed by atoms with Gasteiger partial charge in [-0.25, -0.2) is 9.78 Å². The molecule has 1 atom stereocenters. The lowest BCUT2D eigenvalue weighted by atomic mass is 10.0. The van der Waals surface area contributed by atoms with E-state index in [4.69, 9.17) is 0 Å². The van der Waals surface area contributed by atoms with E-state index in [0.29, 0.717) is 25.4 Å². The van der Waals surface area contributed by atoms with Crippen molar-refractivity contribution in [2.45, 2.75) is 39.7 Å². The first kappa shape index (κ1) is 19.5. The van der Waals surface area contributed by atoms with Crippen molar-refractivity contribution in [1.29, 1.82) is 0 Å². The number of aromatic nitrogens is 1. The van der Waals surface area contributed by atoms with E-state index in [1.165, 1.54) is 7.11 Å². The number of rotatable bonds is 5. The minimum atomic E-state index is -0.561. The van der Waals surface area contributed by atoms with Crippen LogP contribution in [0.5, 0.6) is 0 Å². The van der Waals surface area contributed by atoms with Crippen LogP contribution in [0.1, 0.15) is 32.4 Å². The first-order chi connectivity index (χ1) is 11.9. The van der Waals surface area contributed by atoms with Crippen molar-refractivity contribution in [2.24, 2.45) is 5.92 Å². The van der Waals surface area contributed by atoms with E-state index in [2.05, 4.69) is 19.9 Å². The highest BCUT2D eigenvalue weighted by Crippen LogP contribution is 2.21. The first-order valence-electron chi connectivity index (χ1n) is 8.71. The first-order valence-corrected chi connectivity index (χ1v) is 9.59. The molecule has 2 heterocycles. The standard InChI is InChI=1S/C17H28N4O3S/c1-12(2)10-14(19-17(23)24-4)15(22)20-6-5-7-21(9-8-20)16-18-13(3)11-25-16/h11-12,14H,5-10H2,1-4H3,(H,19,23). The number of nitrogens with zero attached hydrogens (tertiary/aromatic N) is 3. The molecule has 1 aromatic rings. The Morgan fingerprint density at radius 1 is 1.32 bits per heavy atom. The van der Waals surface area contributed by atoms with Crippen molar-refractivity contribution >= 4 is 28.5 Å². The molecule has 0 spiro atoms. The summed E-state index contributed by atoms with van der Waals surface area (Å²) < 4.78 is 4.67. The molecule has 1 aliphatic heterocycles. The summed E-state index contributed by atoms with van der Waals surface area (Å²) in [5, 5.41) is 5.74. The van der Waals surface area contributed by atoms with Crippen LogP contribution in [-0.2, 0) is 9.53 Å². The molecule has 0 aliphatic carbocycles. The number of hydrogen-bond acceptors (Lipinski definition) is 6. The van der Waals surface area contributed by atoms with Gasteiger partial charge in [0.2, 0.25) is 5.91 Å². The van der Waals surface area contributed by atoms with Crippen LogP contribution in [0, 0.1) is 12.8 Å². The summed E-state index contributed by atoms with van der Waals surface area (Å²) in [6.45, 7) is 9.03. The number of nitrogens with one attached hydrogen (secondary N) is 1. The molecule has 0 radical (unpaired) electrons. The zero-order valence-electron chi connectivity index (χ0n) is 15.4. The molecule has 2 rings (SSSR count). The number of methoxy groups -OCH3 is 1. The second kappa shape index (κ2) is 9.03. The van der Waals surface area contributed by atoms with Gasteiger partial charge in [-0.2, -0.15) is 0 Å². The van der Waals surface area contributed by atoms with Gasteiger partial charge in [0, 0.05) is 31.6 Å². The van der Waals surface area contributed by atoms with Gasteiger partial charge in [-0.1, -0.05) is 13.8 Å². The smallest absolute Gasteiger partial charge is 0.407 e. The number of hydrogen-bond donors (Lipinski definition) is 1. The Balaban J connectivity index is 2.00. The summed E-state index contributed by atoms with van der Waals surface area (Å²) in [7, 11) is 1.31. The second-order valence-electron chi connectivity index (χ2n) is 6.76. The predicted molar refractivity (Wildman–Crippen MR) is 99.0 cm³/mol. The third-order valence-corrected chi connectivity index (χ3v) is 5.19. The summed E-state index contributed by atoms with van der Waals surface area (Å²) in [5.74, 6) is 0.268. The Bertz CT molecular complexity index is 590. The average molecular weight is 369 g/mol. The third-order valence-electron chi connectivity index (χ3n) is 4.17. The van der Waals surface area contributed by atoms with Crippen molar-refractivity contribution in [3.63, 3.8) is 0 Å². The van der Waals surface area contributed by atoms with E-state index in [0.717, 1.165) is 30.3 Å². The van der Waals surface area contributed by atoms with Crippen molar-refractivity contribution in [3.05, 3.63) is 11.1 Å². The SMILES string of the molecule is COC(=O)NC(CC(C)C)C(=O)N1CCCN(c2nc(C)cs2)CC1. The van der Waals surface area contributed by atoms with Crippen molar-refractivity contribution in [1.82, 2.24) is 15.2 Å². The van der Waals surface area contributed by atoms with Crippen LogP contribution in [0.15, 0.2) is 5.38 Å². The molecule has 1 aromatic heterocycles. The molecule has 140 valence electrons. The van der Waals surface area contributed by atoms with E-state index in [-0.39, 0.29) is 5.91 Å². The molecule has 2 amide bonds. The monoisotopic (exact) mass is 368 g/mol. The molecule has 8 heteroatoms. The second-order valence-corrected chi connectivity index (χ2v) is 7.59. The summed E-state index contributed by atoms with van der Waals surface area (Å²) in [5.41, 5.74) is 1.02. The summed E-state index contributed by atoms with van der Waals surface area (Å²) in [6.07, 6.45) is 0.922. The minimum absolute atomic E-state index is 0.0312. The number of carbonyl (C=O) groups is 2. The fourth-order valence-corrected chi connectivity index (χ4v) is 3.79. The maximum atomic E-state index is 12.9. The lowest BCUT2D eigenvalue weighted by Crippen LogP contribution is -2.50. The molecular weight excluding hydrogens is 340 g/mol. The number of anilines is 1. The van der Waals surface area contributed by atoms with Crippen molar-refractivity contribution in [2.75, 3.05) is 38.2 Å². The van der Waals surface area contributed by atoms with E-state index in [1.807, 2.05) is 31.1 Å². The molecular formula is C17H28N4O3S. The molecule has 0 aromatic carbocycles. The summed E-state index contributed by atoms with van der Waals surface area (Å²) in [4.78, 5) is 33.1. The zero-order chi connectivity index (χ0) is 18.4. The molecule has 0 bridgehead atoms. The molecule has 1 unspecified atom stereocenters. The number of alkyl carbamates (subject to hydrolysis) is 1. The van der Waals surface area contributed by atoms with Gasteiger partial charge in [-0.3, -0.25) is 4.79 Å². The number of carbonyl (C=O) groups excluding carboxylic acids is 2. The normalized spacial score (nSPS) is 16.5. The minimum Gasteiger partial charge on any atom is -0.453 e. The summed E-state index contributed by atoms with van der Waals surface area (Å²) >= 11 is 1.64. The Labute approximate surface area is 153 Å². The zero-order valence-corrected chi connectivity index (χ0v) is 16.3. The van der Waals surface area contributed by atoms with Crippen LogP contribution in [-0.4, -0.2) is 61.2 Å². The van der Waals surface area contributed by atoms with Gasteiger partial charge in [0.1, 0.15) is 6.04 Å². The number of amides is 2. The van der Waals surface area contributed by atoms with Crippen LogP contribution in [0.4, 0.5) is 9.93 Å². The van der Waals surface area contributed by atoms with Gasteiger partial charge in [0.25, 0.3) is 0 Å². The topological polar surface area (TPSA) is 74.8 Å². The van der Waals surface area contributed by atoms with Crippen LogP contribution in [0.25, 0.3) is 0 Å². The Morgan fingerprint density at radius 3 is 2.68 bits per heavy atom. The van der Waals surface area contributed by atoms with Crippen LogP contribution in [0.3, 0.4) is 0 Å². The highest BCUT2D eigenvalue weighted by molar-refractivity contribution is 7.13. The molecule has 0 saturated carbocycles. The van der Waals surface area contributed by atoms with Crippen molar-refractivity contribution in [3.8, 4) is 0 Å². The number of ether oxygens (including phenoxy) is 1. The highest BCUT2D eigenvalue weighted by atomic mass is 32.1. The molecule has 1 N–H and O–H groups in total. The van der Waals surface area contributed by atoms with Crippen LogP contribution >= 0.6 is 11.3 Å². The maximum Gasteiger partial charge on any atom is 0.407 e. The van der Waals surface area contributed by atoms with Gasteiger partial charge >= 0.3 is 6.09 Å². The van der Waals surface area contributed by atoms with Gasteiger partial charge in [0.15, 0.2) is 5.13 Å². The van der Waals surface area contributed by atoms with Gasteiger partial charge in [-0.15, -0.1) is 11.3 Å².